The molecule has 0 fully saturated rings. The number of carbonyl (C=O) groups is 1. The molecule has 0 unspecified atom stereocenters. The highest BCUT2D eigenvalue weighted by molar-refractivity contribution is 5.92. The normalized spacial score (nSPS) is 10.3. The first-order chi connectivity index (χ1) is 12.7. The molecule has 1 aromatic heterocycles. The van der Waals surface area contributed by atoms with Crippen molar-refractivity contribution in [1.29, 1.82) is 0 Å². The fraction of sp³-hybridized carbons (Fsp3) is 0.400. The fourth-order valence-corrected chi connectivity index (χ4v) is 2.49. The Kier molecular flexibility index (Phi) is 7.74. The minimum atomic E-state index is -0.175. The first kappa shape index (κ1) is 19.6. The van der Waals surface area contributed by atoms with Crippen LogP contribution in [0.2, 0.25) is 0 Å². The van der Waals surface area contributed by atoms with Gasteiger partial charge >= 0.3 is 0 Å². The van der Waals surface area contributed by atoms with Crippen LogP contribution in [0.1, 0.15) is 35.8 Å². The maximum absolute atomic E-state index is 12.2. The van der Waals surface area contributed by atoms with Crippen molar-refractivity contribution in [2.45, 2.75) is 26.2 Å². The van der Waals surface area contributed by atoms with Crippen molar-refractivity contribution in [3.05, 3.63) is 47.8 Å². The summed E-state index contributed by atoms with van der Waals surface area (Å²) in [5, 5.41) is 6.17. The molecule has 0 aliphatic rings. The highest BCUT2D eigenvalue weighted by atomic mass is 16.5. The summed E-state index contributed by atoms with van der Waals surface area (Å²) in [6, 6.07) is 9.36. The Morgan fingerprint density at radius 2 is 1.88 bits per heavy atom. The average Bonchev–Trinajstić information content (AvgIpc) is 2.68. The molecule has 140 valence electrons. The second-order valence-electron chi connectivity index (χ2n) is 5.91. The molecule has 6 heteroatoms. The molecule has 2 rings (SSSR count). The minimum Gasteiger partial charge on any atom is -0.493 e. The third-order valence-corrected chi connectivity index (χ3v) is 4.00. The molecule has 1 aromatic carbocycles. The zero-order valence-electron chi connectivity index (χ0n) is 15.7. The number of amides is 1. The van der Waals surface area contributed by atoms with Gasteiger partial charge in [-0.15, -0.1) is 0 Å². The molecule has 0 spiro atoms. The number of rotatable bonds is 10. The van der Waals surface area contributed by atoms with E-state index in [4.69, 9.17) is 9.47 Å². The molecular weight excluding hydrogens is 330 g/mol. The van der Waals surface area contributed by atoms with Gasteiger partial charge in [0.1, 0.15) is 5.69 Å². The van der Waals surface area contributed by atoms with Gasteiger partial charge in [-0.3, -0.25) is 4.79 Å². The van der Waals surface area contributed by atoms with Crippen LogP contribution in [-0.2, 0) is 6.42 Å². The number of benzene rings is 1. The Hall–Kier alpha value is -2.76. The molecular formula is C20H27N3O3. The van der Waals surface area contributed by atoms with Gasteiger partial charge in [0, 0.05) is 13.1 Å². The molecule has 2 aromatic rings. The second-order valence-corrected chi connectivity index (χ2v) is 5.91. The van der Waals surface area contributed by atoms with Crippen molar-refractivity contribution < 1.29 is 14.3 Å². The van der Waals surface area contributed by atoms with Crippen LogP contribution in [0.4, 0.5) is 5.69 Å². The summed E-state index contributed by atoms with van der Waals surface area (Å²) >= 11 is 0. The fourth-order valence-electron chi connectivity index (χ4n) is 2.49. The first-order valence-electron chi connectivity index (χ1n) is 8.87. The molecule has 2 N–H and O–H groups in total. The van der Waals surface area contributed by atoms with Crippen molar-refractivity contribution >= 4 is 11.6 Å². The smallest absolute Gasteiger partial charge is 0.269 e. The predicted molar refractivity (Wildman–Crippen MR) is 103 cm³/mol. The molecule has 0 atom stereocenters. The number of ether oxygens (including phenoxy) is 2. The molecule has 1 heterocycles. The average molecular weight is 357 g/mol. The topological polar surface area (TPSA) is 72.5 Å². The summed E-state index contributed by atoms with van der Waals surface area (Å²) < 4.78 is 10.5. The van der Waals surface area contributed by atoms with E-state index in [0.717, 1.165) is 30.6 Å². The monoisotopic (exact) mass is 357 g/mol. The van der Waals surface area contributed by atoms with E-state index < -0.39 is 0 Å². The number of anilines is 1. The molecule has 0 saturated carbocycles. The van der Waals surface area contributed by atoms with Gasteiger partial charge in [-0.2, -0.15) is 0 Å². The van der Waals surface area contributed by atoms with Gasteiger partial charge < -0.3 is 20.1 Å². The third kappa shape index (κ3) is 5.65. The molecule has 26 heavy (non-hydrogen) atoms. The molecule has 0 aliphatic carbocycles. The molecule has 6 nitrogen and oxygen atoms in total. The lowest BCUT2D eigenvalue weighted by molar-refractivity contribution is 0.0949. The lowest BCUT2D eigenvalue weighted by atomic mass is 10.1. The van der Waals surface area contributed by atoms with E-state index >= 15 is 0 Å². The Morgan fingerprint density at radius 3 is 2.54 bits per heavy atom. The van der Waals surface area contributed by atoms with Gasteiger partial charge in [0.2, 0.25) is 0 Å². The van der Waals surface area contributed by atoms with E-state index in [-0.39, 0.29) is 5.91 Å². The third-order valence-electron chi connectivity index (χ3n) is 4.00. The van der Waals surface area contributed by atoms with Gasteiger partial charge in [0.15, 0.2) is 11.5 Å². The Labute approximate surface area is 154 Å². The summed E-state index contributed by atoms with van der Waals surface area (Å²) in [5.74, 6) is 1.20. The van der Waals surface area contributed by atoms with Crippen LogP contribution in [0.3, 0.4) is 0 Å². The van der Waals surface area contributed by atoms with Crippen LogP contribution in [0.15, 0.2) is 36.5 Å². The van der Waals surface area contributed by atoms with Crippen LogP contribution in [0.25, 0.3) is 0 Å². The number of hydrogen-bond donors (Lipinski definition) is 2. The van der Waals surface area contributed by atoms with Gasteiger partial charge in [0.25, 0.3) is 5.91 Å². The second kappa shape index (κ2) is 10.3. The SMILES string of the molecule is CCCCNc1ccc(C(=O)NCCc2ccc(OC)c(OC)c2)nc1. The number of nitrogens with zero attached hydrogens (tertiary/aromatic N) is 1. The molecule has 1 amide bonds. The quantitative estimate of drug-likeness (QED) is 0.639. The lowest BCUT2D eigenvalue weighted by Gasteiger charge is -2.10. The zero-order valence-corrected chi connectivity index (χ0v) is 15.7. The summed E-state index contributed by atoms with van der Waals surface area (Å²) in [5.41, 5.74) is 2.41. The van der Waals surface area contributed by atoms with Crippen LogP contribution in [0.5, 0.6) is 11.5 Å². The Bertz CT molecular complexity index is 702. The van der Waals surface area contributed by atoms with Gasteiger partial charge in [-0.1, -0.05) is 19.4 Å². The van der Waals surface area contributed by atoms with Crippen molar-refractivity contribution in [3.8, 4) is 11.5 Å². The van der Waals surface area contributed by atoms with Crippen molar-refractivity contribution in [3.63, 3.8) is 0 Å². The number of aromatic nitrogens is 1. The van der Waals surface area contributed by atoms with E-state index in [2.05, 4.69) is 22.5 Å². The molecule has 0 radical (unpaired) electrons. The molecule has 0 bridgehead atoms. The highest BCUT2D eigenvalue weighted by Gasteiger charge is 2.08. The minimum absolute atomic E-state index is 0.175. The van der Waals surface area contributed by atoms with Crippen molar-refractivity contribution in [2.75, 3.05) is 32.6 Å². The van der Waals surface area contributed by atoms with Crippen molar-refractivity contribution in [1.82, 2.24) is 10.3 Å². The number of hydrogen-bond acceptors (Lipinski definition) is 5. The summed E-state index contributed by atoms with van der Waals surface area (Å²) in [4.78, 5) is 16.4. The standard InChI is InChI=1S/C20H27N3O3/c1-4-5-11-21-16-7-8-17(23-14-16)20(24)22-12-10-15-6-9-18(25-2)19(13-15)26-3/h6-9,13-14,21H,4-5,10-12H2,1-3H3,(H,22,24). The molecule has 0 aliphatic heterocycles. The maximum Gasteiger partial charge on any atom is 0.269 e. The number of nitrogens with one attached hydrogen (secondary N) is 2. The van der Waals surface area contributed by atoms with Crippen LogP contribution >= 0.6 is 0 Å². The summed E-state index contributed by atoms with van der Waals surface area (Å²) in [7, 11) is 3.21. The number of pyridine rings is 1. The molecule has 0 saturated heterocycles. The Morgan fingerprint density at radius 1 is 1.08 bits per heavy atom. The number of carbonyl (C=O) groups excluding carboxylic acids is 1. The predicted octanol–water partition coefficient (Wildman–Crippen LogP) is 3.28. The maximum atomic E-state index is 12.2. The number of unbranched alkanes of at least 4 members (excludes halogenated alkanes) is 1. The van der Waals surface area contributed by atoms with E-state index in [9.17, 15) is 4.79 Å². The Balaban J connectivity index is 1.83. The van der Waals surface area contributed by atoms with Crippen molar-refractivity contribution in [2.24, 2.45) is 0 Å². The van der Waals surface area contributed by atoms with E-state index in [1.807, 2.05) is 24.3 Å². The van der Waals surface area contributed by atoms with Gasteiger partial charge in [0.05, 0.1) is 26.1 Å². The van der Waals surface area contributed by atoms with Crippen LogP contribution in [-0.4, -0.2) is 38.2 Å². The summed E-state index contributed by atoms with van der Waals surface area (Å²) in [6.45, 7) is 3.58. The van der Waals surface area contributed by atoms with Crippen LogP contribution in [0, 0.1) is 0 Å². The van der Waals surface area contributed by atoms with Gasteiger partial charge in [-0.25, -0.2) is 4.98 Å². The largest absolute Gasteiger partial charge is 0.493 e. The summed E-state index contributed by atoms with van der Waals surface area (Å²) in [6.07, 6.45) is 4.64. The van der Waals surface area contributed by atoms with Gasteiger partial charge in [-0.05, 0) is 42.7 Å². The first-order valence-corrected chi connectivity index (χ1v) is 8.87. The van der Waals surface area contributed by atoms with E-state index in [1.165, 1.54) is 0 Å². The number of methoxy groups -OCH3 is 2. The lowest BCUT2D eigenvalue weighted by Crippen LogP contribution is -2.26. The highest BCUT2D eigenvalue weighted by Crippen LogP contribution is 2.27. The zero-order chi connectivity index (χ0) is 18.8. The van der Waals surface area contributed by atoms with E-state index in [1.54, 1.807) is 26.5 Å². The van der Waals surface area contributed by atoms with Crippen LogP contribution < -0.4 is 20.1 Å². The van der Waals surface area contributed by atoms with E-state index in [0.29, 0.717) is 30.2 Å².